The Morgan fingerprint density at radius 1 is 0.947 bits per heavy atom. The molecule has 0 bridgehead atoms. The van der Waals surface area contributed by atoms with Gasteiger partial charge in [-0.1, -0.05) is 84.0 Å². The van der Waals surface area contributed by atoms with E-state index in [-0.39, 0.29) is 8.80 Å². The summed E-state index contributed by atoms with van der Waals surface area (Å²) in [6, 6.07) is 3.20. The first-order valence-corrected chi connectivity index (χ1v) is 17.2. The Labute approximate surface area is 126 Å². The molecule has 0 aromatic rings. The molecule has 4 heteroatoms. The van der Waals surface area contributed by atoms with E-state index >= 15 is 0 Å². The molecule has 0 aliphatic carbocycles. The molecule has 113 valence electrons. The minimum atomic E-state index is -1.13. The van der Waals surface area contributed by atoms with E-state index in [1.54, 1.807) is 12.1 Å². The van der Waals surface area contributed by atoms with Crippen molar-refractivity contribution in [2.75, 3.05) is 0 Å². The van der Waals surface area contributed by atoms with Crippen molar-refractivity contribution in [3.05, 3.63) is 0 Å². The van der Waals surface area contributed by atoms with Gasteiger partial charge in [0, 0.05) is 0 Å². The van der Waals surface area contributed by atoms with Crippen molar-refractivity contribution >= 4 is 25.3 Å². The summed E-state index contributed by atoms with van der Waals surface area (Å²) in [4.78, 5) is 0. The lowest BCUT2D eigenvalue weighted by Crippen LogP contribution is -2.69. The number of hydrogen-bond acceptors (Lipinski definition) is 1. The van der Waals surface area contributed by atoms with Crippen LogP contribution in [-0.4, -0.2) is 35.2 Å². The quantitative estimate of drug-likeness (QED) is 0.431. The SMILES string of the molecule is CCCCCC[Si]1CCC1N([Si](C)(C)C)[Si](C)(C)C. The van der Waals surface area contributed by atoms with Crippen LogP contribution in [0.3, 0.4) is 0 Å². The smallest absolute Gasteiger partial charge is 0.112 e. The number of hydrogen-bond donors (Lipinski definition) is 0. The van der Waals surface area contributed by atoms with Crippen molar-refractivity contribution in [1.29, 1.82) is 0 Å². The van der Waals surface area contributed by atoms with Crippen LogP contribution in [0.5, 0.6) is 0 Å². The Balaban J connectivity index is 2.56. The summed E-state index contributed by atoms with van der Waals surface area (Å²) in [6.07, 6.45) is 7.35. The summed E-state index contributed by atoms with van der Waals surface area (Å²) in [6.45, 7) is 17.7. The van der Waals surface area contributed by atoms with Gasteiger partial charge in [0.25, 0.3) is 0 Å². The van der Waals surface area contributed by atoms with E-state index in [1.807, 2.05) is 0 Å². The maximum absolute atomic E-state index is 3.11. The van der Waals surface area contributed by atoms with Crippen LogP contribution >= 0.6 is 0 Å². The summed E-state index contributed by atoms with van der Waals surface area (Å²) >= 11 is 0. The number of unbranched alkanes of at least 4 members (excludes halogenated alkanes) is 3. The highest BCUT2D eigenvalue weighted by atomic mass is 28.4. The molecule has 19 heavy (non-hydrogen) atoms. The predicted molar refractivity (Wildman–Crippen MR) is 96.4 cm³/mol. The molecule has 0 aromatic heterocycles. The summed E-state index contributed by atoms with van der Waals surface area (Å²) in [5, 5.41) is 0. The third kappa shape index (κ3) is 5.14. The van der Waals surface area contributed by atoms with E-state index in [0.717, 1.165) is 5.67 Å². The third-order valence-corrected chi connectivity index (χ3v) is 15.8. The molecular formula is C15H36NSi3. The van der Waals surface area contributed by atoms with E-state index in [2.05, 4.69) is 50.4 Å². The van der Waals surface area contributed by atoms with Gasteiger partial charge in [-0.3, -0.25) is 0 Å². The Hall–Kier alpha value is 0.611. The fraction of sp³-hybridized carbons (Fsp3) is 1.00. The first kappa shape index (κ1) is 17.7. The zero-order chi connectivity index (χ0) is 14.7. The first-order chi connectivity index (χ1) is 8.68. The molecule has 1 aliphatic heterocycles. The average Bonchev–Trinajstić information content (AvgIpc) is 2.20. The standard InChI is InChI=1S/C15H36NSi3/c1-8-9-10-11-13-17-14-12-15(17)16(18(2,3)4)19(5,6)7/h15H,8-14H2,1-7H3. The minimum Gasteiger partial charge on any atom is -0.346 e. The van der Waals surface area contributed by atoms with Gasteiger partial charge in [-0.25, -0.2) is 0 Å². The van der Waals surface area contributed by atoms with Crippen molar-refractivity contribution < 1.29 is 0 Å². The summed E-state index contributed by atoms with van der Waals surface area (Å²) in [5.74, 6) is 0. The number of rotatable bonds is 8. The summed E-state index contributed by atoms with van der Waals surface area (Å²) in [5.41, 5.74) is 1.05. The maximum Gasteiger partial charge on any atom is 0.112 e. The Kier molecular flexibility index (Phi) is 6.55. The average molecular weight is 315 g/mol. The molecule has 1 nitrogen and oxygen atoms in total. The monoisotopic (exact) mass is 314 g/mol. The van der Waals surface area contributed by atoms with E-state index < -0.39 is 16.5 Å². The Bertz CT molecular complexity index is 254. The minimum absolute atomic E-state index is 0.0354. The molecule has 0 amide bonds. The van der Waals surface area contributed by atoms with Crippen molar-refractivity contribution in [2.24, 2.45) is 0 Å². The highest BCUT2D eigenvalue weighted by molar-refractivity contribution is 6.91. The van der Waals surface area contributed by atoms with Gasteiger partial charge in [-0.05, 0) is 12.1 Å². The van der Waals surface area contributed by atoms with E-state index in [4.69, 9.17) is 0 Å². The molecule has 1 unspecified atom stereocenters. The topological polar surface area (TPSA) is 3.24 Å². The Morgan fingerprint density at radius 2 is 1.53 bits per heavy atom. The van der Waals surface area contributed by atoms with Crippen LogP contribution in [0.2, 0.25) is 51.4 Å². The lowest BCUT2D eigenvalue weighted by molar-refractivity contribution is 0.487. The van der Waals surface area contributed by atoms with Crippen molar-refractivity contribution in [2.45, 2.75) is 96.1 Å². The van der Waals surface area contributed by atoms with E-state index in [9.17, 15) is 0 Å². The first-order valence-electron chi connectivity index (χ1n) is 8.32. The van der Waals surface area contributed by atoms with Gasteiger partial charge in [0.2, 0.25) is 0 Å². The van der Waals surface area contributed by atoms with Gasteiger partial charge in [0.15, 0.2) is 0 Å². The summed E-state index contributed by atoms with van der Waals surface area (Å²) in [7, 11) is -2.30. The normalized spacial score (nSPS) is 21.8. The fourth-order valence-corrected chi connectivity index (χ4v) is 20.0. The molecule has 1 radical (unpaired) electrons. The third-order valence-electron chi connectivity index (χ3n) is 4.32. The van der Waals surface area contributed by atoms with Crippen molar-refractivity contribution in [3.63, 3.8) is 0 Å². The molecule has 1 aliphatic rings. The van der Waals surface area contributed by atoms with Crippen LogP contribution in [0.25, 0.3) is 0 Å². The zero-order valence-electron chi connectivity index (χ0n) is 14.5. The van der Waals surface area contributed by atoms with Crippen LogP contribution in [0, 0.1) is 0 Å². The number of nitrogens with zero attached hydrogens (tertiary/aromatic N) is 1. The summed E-state index contributed by atoms with van der Waals surface area (Å²) < 4.78 is 3.11. The second-order valence-corrected chi connectivity index (χ2v) is 21.3. The molecule has 0 saturated carbocycles. The van der Waals surface area contributed by atoms with E-state index in [1.165, 1.54) is 32.1 Å². The van der Waals surface area contributed by atoms with Crippen molar-refractivity contribution in [1.82, 2.24) is 4.23 Å². The van der Waals surface area contributed by atoms with Gasteiger partial charge in [0.05, 0.1) is 8.80 Å². The lowest BCUT2D eigenvalue weighted by Gasteiger charge is -2.55. The van der Waals surface area contributed by atoms with Gasteiger partial charge in [-0.2, -0.15) is 0 Å². The molecule has 0 spiro atoms. The molecule has 0 aromatic carbocycles. The van der Waals surface area contributed by atoms with Crippen molar-refractivity contribution in [3.8, 4) is 0 Å². The highest BCUT2D eigenvalue weighted by Gasteiger charge is 2.46. The van der Waals surface area contributed by atoms with E-state index in [0.29, 0.717) is 0 Å². The highest BCUT2D eigenvalue weighted by Crippen LogP contribution is 2.36. The van der Waals surface area contributed by atoms with Crippen LogP contribution in [0.1, 0.15) is 39.0 Å². The molecule has 1 rings (SSSR count). The van der Waals surface area contributed by atoms with Gasteiger partial charge >= 0.3 is 0 Å². The van der Waals surface area contributed by atoms with Crippen LogP contribution in [0.4, 0.5) is 0 Å². The molecule has 1 fully saturated rings. The van der Waals surface area contributed by atoms with Gasteiger partial charge < -0.3 is 4.23 Å². The largest absolute Gasteiger partial charge is 0.346 e. The Morgan fingerprint density at radius 3 is 1.89 bits per heavy atom. The molecule has 1 atom stereocenters. The maximum atomic E-state index is 3.11. The second-order valence-electron chi connectivity index (χ2n) is 8.24. The predicted octanol–water partition coefficient (Wildman–Crippen LogP) is 5.34. The van der Waals surface area contributed by atoms with Crippen LogP contribution in [0.15, 0.2) is 0 Å². The molecule has 1 saturated heterocycles. The van der Waals surface area contributed by atoms with Gasteiger partial charge in [0.1, 0.15) is 16.5 Å². The lowest BCUT2D eigenvalue weighted by atomic mass is 10.2. The second kappa shape index (κ2) is 7.05. The van der Waals surface area contributed by atoms with Crippen LogP contribution in [-0.2, 0) is 0 Å². The van der Waals surface area contributed by atoms with Crippen LogP contribution < -0.4 is 0 Å². The molecule has 1 heterocycles. The molecular weight excluding hydrogens is 278 g/mol. The van der Waals surface area contributed by atoms with Gasteiger partial charge in [-0.15, -0.1) is 0 Å². The fourth-order valence-electron chi connectivity index (χ4n) is 3.80. The zero-order valence-corrected chi connectivity index (χ0v) is 17.5. The molecule has 0 N–H and O–H groups in total.